The summed E-state index contributed by atoms with van der Waals surface area (Å²) >= 11 is 10.4. The molecule has 0 heterocycles. The van der Waals surface area contributed by atoms with E-state index in [2.05, 4.69) is 18.1 Å². The summed E-state index contributed by atoms with van der Waals surface area (Å²) in [5, 5.41) is 0. The molecule has 0 N–H and O–H groups in total. The molecule has 0 aromatic heterocycles. The molecule has 0 atom stereocenters. The Balaban J connectivity index is 0.00000312. The van der Waals surface area contributed by atoms with E-state index in [1.54, 1.807) is 12.1 Å². The number of carbonyl (C=O) groups is 3. The van der Waals surface area contributed by atoms with Crippen LogP contribution >= 0.6 is 23.7 Å². The maximum Gasteiger partial charge on any atom is 0.524 e. The van der Waals surface area contributed by atoms with Gasteiger partial charge < -0.3 is 18.1 Å². The molecular formula is C16H12Cl2O7. The second-order valence-electron chi connectivity index (χ2n) is 4.18. The average Bonchev–Trinajstić information content (AvgIpc) is 2.61. The highest BCUT2D eigenvalue weighted by atomic mass is 35.5. The normalized spacial score (nSPS) is 9.36. The third-order valence-electron chi connectivity index (χ3n) is 2.73. The van der Waals surface area contributed by atoms with Crippen LogP contribution < -0.4 is 8.58 Å². The molecule has 0 aliphatic carbocycles. The van der Waals surface area contributed by atoms with Crippen LogP contribution in [0.5, 0.6) is 11.5 Å². The van der Waals surface area contributed by atoms with E-state index in [0.29, 0.717) is 0 Å². The lowest BCUT2D eigenvalue weighted by molar-refractivity contribution is 0.0336. The highest BCUT2D eigenvalue weighted by Crippen LogP contribution is 2.22. The topological polar surface area (TPSA) is 88.1 Å². The predicted molar refractivity (Wildman–Crippen MR) is 88.8 cm³/mol. The van der Waals surface area contributed by atoms with Crippen molar-refractivity contribution in [1.82, 2.24) is 0 Å². The number of hydrogen-bond acceptors (Lipinski definition) is 7. The molecule has 2 aromatic rings. The van der Waals surface area contributed by atoms with E-state index < -0.39 is 18.1 Å². The number of para-hydroxylation sites is 2. The van der Waals surface area contributed by atoms with Crippen LogP contribution in [0.1, 0.15) is 28.1 Å². The fourth-order valence-electron chi connectivity index (χ4n) is 1.69. The molecular weight excluding hydrogens is 375 g/mol. The highest BCUT2D eigenvalue weighted by molar-refractivity contribution is 6.11. The number of hydrogen-bond donors (Lipinski definition) is 0. The van der Waals surface area contributed by atoms with Crippen LogP contribution in [-0.4, -0.2) is 18.1 Å². The van der Waals surface area contributed by atoms with E-state index in [1.807, 2.05) is 0 Å². The minimum atomic E-state index is -1.53. The number of esters is 2. The fourth-order valence-corrected chi connectivity index (χ4v) is 1.96. The summed E-state index contributed by atoms with van der Waals surface area (Å²) in [5.74, 6) is -2.26. The number of ether oxygens (including phenoxy) is 2. The van der Waals surface area contributed by atoms with Crippen molar-refractivity contribution in [3.8, 4) is 11.5 Å². The van der Waals surface area contributed by atoms with E-state index in [4.69, 9.17) is 23.7 Å². The van der Waals surface area contributed by atoms with Crippen molar-refractivity contribution in [2.75, 3.05) is 0 Å². The average molecular weight is 387 g/mol. The molecule has 2 aromatic carbocycles. The van der Waals surface area contributed by atoms with Crippen molar-refractivity contribution in [2.45, 2.75) is 7.43 Å². The summed E-state index contributed by atoms with van der Waals surface area (Å²) in [6.07, 6.45) is -1.53. The smallest absolute Gasteiger partial charge is 0.385 e. The zero-order valence-corrected chi connectivity index (χ0v) is 13.2. The number of carbonyl (C=O) groups excluding carboxylic acids is 3. The summed E-state index contributed by atoms with van der Waals surface area (Å²) in [4.78, 5) is 35.3. The molecule has 9 heteroatoms. The first-order valence-corrected chi connectivity index (χ1v) is 6.92. The number of halogens is 2. The Morgan fingerprint density at radius 2 is 1.04 bits per heavy atom. The van der Waals surface area contributed by atoms with Gasteiger partial charge in [0, 0.05) is 0 Å². The SMILES string of the molecule is C.O=C(OC(=O)c1ccccc1OCl)OC(=O)c1ccccc1OCl. The van der Waals surface area contributed by atoms with E-state index in [9.17, 15) is 14.4 Å². The van der Waals surface area contributed by atoms with Gasteiger partial charge in [-0.2, -0.15) is 0 Å². The quantitative estimate of drug-likeness (QED) is 0.563. The minimum absolute atomic E-state index is 0. The van der Waals surface area contributed by atoms with Crippen LogP contribution in [0, 0.1) is 0 Å². The van der Waals surface area contributed by atoms with Crippen LogP contribution in [0.4, 0.5) is 4.79 Å². The summed E-state index contributed by atoms with van der Waals surface area (Å²) < 4.78 is 17.7. The molecule has 0 amide bonds. The van der Waals surface area contributed by atoms with Crippen molar-refractivity contribution in [2.24, 2.45) is 0 Å². The summed E-state index contributed by atoms with van der Waals surface area (Å²) in [7, 11) is 0. The van der Waals surface area contributed by atoms with Gasteiger partial charge in [0.1, 0.15) is 34.9 Å². The summed E-state index contributed by atoms with van der Waals surface area (Å²) in [5.41, 5.74) is -0.247. The molecule has 25 heavy (non-hydrogen) atoms. The second-order valence-corrected chi connectivity index (χ2v) is 4.48. The Morgan fingerprint density at radius 1 is 0.680 bits per heavy atom. The molecule has 0 bridgehead atoms. The number of rotatable bonds is 4. The first kappa shape index (κ1) is 20.3. The van der Waals surface area contributed by atoms with E-state index in [0.717, 1.165) is 0 Å². The standard InChI is InChI=1S/C15H8Cl2O7.CH4/c16-23-11-7-3-1-5-9(11)13(18)21-15(20)22-14(19)10-6-2-4-8-12(10)24-17;/h1-8H;1H4. The Hall–Kier alpha value is -2.77. The number of benzene rings is 2. The molecule has 0 saturated carbocycles. The first-order valence-electron chi connectivity index (χ1n) is 6.30. The van der Waals surface area contributed by atoms with Gasteiger partial charge in [-0.25, -0.2) is 14.4 Å². The highest BCUT2D eigenvalue weighted by Gasteiger charge is 2.23. The van der Waals surface area contributed by atoms with Crippen molar-refractivity contribution in [3.63, 3.8) is 0 Å². The molecule has 0 unspecified atom stereocenters. The van der Waals surface area contributed by atoms with E-state index in [1.165, 1.54) is 36.4 Å². The van der Waals surface area contributed by atoms with Gasteiger partial charge in [0.05, 0.1) is 0 Å². The third kappa shape index (κ3) is 5.10. The second kappa shape index (κ2) is 9.51. The molecule has 7 nitrogen and oxygen atoms in total. The third-order valence-corrected chi connectivity index (χ3v) is 3.06. The van der Waals surface area contributed by atoms with Crippen molar-refractivity contribution >= 4 is 41.8 Å². The van der Waals surface area contributed by atoms with Gasteiger partial charge in [0.25, 0.3) is 0 Å². The monoisotopic (exact) mass is 386 g/mol. The van der Waals surface area contributed by atoms with Crippen LogP contribution in [0.15, 0.2) is 48.5 Å². The molecule has 2 rings (SSSR count). The fraction of sp³-hybridized carbons (Fsp3) is 0.0625. The molecule has 0 saturated heterocycles. The Kier molecular flexibility index (Phi) is 7.71. The van der Waals surface area contributed by atoms with Crippen molar-refractivity contribution < 1.29 is 32.4 Å². The van der Waals surface area contributed by atoms with Crippen LogP contribution in [0.3, 0.4) is 0 Å². The van der Waals surface area contributed by atoms with Crippen molar-refractivity contribution in [3.05, 3.63) is 59.7 Å². The lowest BCUT2D eigenvalue weighted by atomic mass is 10.2. The van der Waals surface area contributed by atoms with Crippen LogP contribution in [0.25, 0.3) is 0 Å². The molecule has 0 fully saturated rings. The van der Waals surface area contributed by atoms with Gasteiger partial charge in [-0.1, -0.05) is 31.7 Å². The molecule has 0 aliphatic heterocycles. The van der Waals surface area contributed by atoms with Gasteiger partial charge in [0.2, 0.25) is 0 Å². The maximum atomic E-state index is 11.9. The van der Waals surface area contributed by atoms with E-state index >= 15 is 0 Å². The Morgan fingerprint density at radius 3 is 1.40 bits per heavy atom. The van der Waals surface area contributed by atoms with Gasteiger partial charge in [-0.3, -0.25) is 0 Å². The predicted octanol–water partition coefficient (Wildman–Crippen LogP) is 4.52. The van der Waals surface area contributed by atoms with Crippen molar-refractivity contribution in [1.29, 1.82) is 0 Å². The van der Waals surface area contributed by atoms with Gasteiger partial charge in [-0.05, 0) is 24.3 Å². The lowest BCUT2D eigenvalue weighted by Crippen LogP contribution is -2.18. The van der Waals surface area contributed by atoms with Gasteiger partial charge in [-0.15, -0.1) is 0 Å². The largest absolute Gasteiger partial charge is 0.524 e. The Labute approximate surface area is 153 Å². The molecule has 132 valence electrons. The zero-order chi connectivity index (χ0) is 17.5. The summed E-state index contributed by atoms with van der Waals surface area (Å²) in [6.45, 7) is 0. The zero-order valence-electron chi connectivity index (χ0n) is 11.7. The Bertz CT molecular complexity index is 713. The van der Waals surface area contributed by atoms with Crippen LogP contribution in [0.2, 0.25) is 0 Å². The minimum Gasteiger partial charge on any atom is -0.385 e. The van der Waals surface area contributed by atoms with Crippen LogP contribution in [-0.2, 0) is 9.47 Å². The molecule has 0 spiro atoms. The first-order chi connectivity index (χ1) is 11.6. The summed E-state index contributed by atoms with van der Waals surface area (Å²) in [6, 6.07) is 11.5. The van der Waals surface area contributed by atoms with Gasteiger partial charge >= 0.3 is 18.1 Å². The maximum absolute atomic E-state index is 11.9. The van der Waals surface area contributed by atoms with Gasteiger partial charge in [0.15, 0.2) is 11.5 Å². The van der Waals surface area contributed by atoms with E-state index in [-0.39, 0.29) is 30.1 Å². The molecule has 0 aliphatic rings. The lowest BCUT2D eigenvalue weighted by Gasteiger charge is -2.07. The molecule has 0 radical (unpaired) electrons.